The second-order valence-electron chi connectivity index (χ2n) is 5.08. The van der Waals surface area contributed by atoms with Gasteiger partial charge in [-0.1, -0.05) is 6.92 Å². The predicted octanol–water partition coefficient (Wildman–Crippen LogP) is 5.08. The molecule has 0 aliphatic heterocycles. The van der Waals surface area contributed by atoms with Crippen molar-refractivity contribution in [2.24, 2.45) is 0 Å². The van der Waals surface area contributed by atoms with Crippen LogP contribution in [0.3, 0.4) is 0 Å². The fourth-order valence-corrected chi connectivity index (χ4v) is 5.42. The van der Waals surface area contributed by atoms with Gasteiger partial charge in [-0.15, -0.1) is 11.3 Å². The van der Waals surface area contributed by atoms with Gasteiger partial charge in [0.2, 0.25) is 0 Å². The molecule has 0 aliphatic rings. The third-order valence-electron chi connectivity index (χ3n) is 3.40. The van der Waals surface area contributed by atoms with Crippen LogP contribution < -0.4 is 5.32 Å². The Morgan fingerprint density at radius 3 is 2.67 bits per heavy atom. The van der Waals surface area contributed by atoms with Crippen molar-refractivity contribution in [1.29, 1.82) is 0 Å². The third kappa shape index (κ3) is 4.41. The quantitative estimate of drug-likeness (QED) is 0.658. The van der Waals surface area contributed by atoms with E-state index in [1.54, 1.807) is 11.3 Å². The van der Waals surface area contributed by atoms with Crippen molar-refractivity contribution < 1.29 is 0 Å². The van der Waals surface area contributed by atoms with Crippen LogP contribution in [0.25, 0.3) is 0 Å². The molecule has 2 aromatic rings. The summed E-state index contributed by atoms with van der Waals surface area (Å²) in [6, 6.07) is 4.71. The van der Waals surface area contributed by atoms with Gasteiger partial charge in [-0.3, -0.25) is 4.68 Å². The number of rotatable bonds is 7. The summed E-state index contributed by atoms with van der Waals surface area (Å²) in [5.74, 6) is 0. The summed E-state index contributed by atoms with van der Waals surface area (Å²) in [6.07, 6.45) is 2.09. The van der Waals surface area contributed by atoms with Crippen LogP contribution in [0.5, 0.6) is 0 Å². The van der Waals surface area contributed by atoms with Crippen LogP contribution >= 0.6 is 43.2 Å². The zero-order valence-electron chi connectivity index (χ0n) is 12.6. The molecular formula is C15H21Br2N3S. The molecule has 0 saturated heterocycles. The molecule has 6 heteroatoms. The van der Waals surface area contributed by atoms with E-state index < -0.39 is 0 Å². The van der Waals surface area contributed by atoms with Crippen LogP contribution in [-0.4, -0.2) is 16.3 Å². The predicted molar refractivity (Wildman–Crippen MR) is 97.1 cm³/mol. The Kier molecular flexibility index (Phi) is 6.47. The molecule has 0 spiro atoms. The highest BCUT2D eigenvalue weighted by molar-refractivity contribution is 9.12. The van der Waals surface area contributed by atoms with Gasteiger partial charge in [0.25, 0.3) is 0 Å². The fraction of sp³-hybridized carbons (Fsp3) is 0.533. The molecule has 2 aromatic heterocycles. The first-order chi connectivity index (χ1) is 10.0. The number of aromatic nitrogens is 2. The van der Waals surface area contributed by atoms with Crippen molar-refractivity contribution in [2.45, 2.75) is 46.2 Å². The van der Waals surface area contributed by atoms with Crippen molar-refractivity contribution in [2.75, 3.05) is 6.54 Å². The Hall–Kier alpha value is -0.170. The summed E-state index contributed by atoms with van der Waals surface area (Å²) in [7, 11) is 0. The average molecular weight is 435 g/mol. The molecule has 0 fully saturated rings. The summed E-state index contributed by atoms with van der Waals surface area (Å²) >= 11 is 9.00. The van der Waals surface area contributed by atoms with E-state index in [0.29, 0.717) is 6.04 Å². The van der Waals surface area contributed by atoms with Gasteiger partial charge in [-0.05, 0) is 76.4 Å². The lowest BCUT2D eigenvalue weighted by atomic mass is 10.0. The van der Waals surface area contributed by atoms with Gasteiger partial charge >= 0.3 is 0 Å². The molecule has 0 bridgehead atoms. The fourth-order valence-electron chi connectivity index (χ4n) is 2.45. The van der Waals surface area contributed by atoms with Crippen molar-refractivity contribution in [3.05, 3.63) is 36.7 Å². The largest absolute Gasteiger partial charge is 0.310 e. The van der Waals surface area contributed by atoms with Crippen LogP contribution in [0.15, 0.2) is 19.7 Å². The Labute approximate surface area is 147 Å². The zero-order chi connectivity index (χ0) is 15.4. The van der Waals surface area contributed by atoms with Gasteiger partial charge in [-0.25, -0.2) is 0 Å². The van der Waals surface area contributed by atoms with E-state index in [2.05, 4.69) is 79.9 Å². The molecule has 0 aliphatic carbocycles. The molecular weight excluding hydrogens is 414 g/mol. The van der Waals surface area contributed by atoms with E-state index in [-0.39, 0.29) is 0 Å². The van der Waals surface area contributed by atoms with E-state index in [1.807, 2.05) is 0 Å². The second-order valence-corrected chi connectivity index (χ2v) is 8.83. The highest BCUT2D eigenvalue weighted by Crippen LogP contribution is 2.36. The number of hydrogen-bond acceptors (Lipinski definition) is 3. The van der Waals surface area contributed by atoms with Gasteiger partial charge in [0.15, 0.2) is 0 Å². The number of halogens is 2. The van der Waals surface area contributed by atoms with Crippen LogP contribution in [0.4, 0.5) is 0 Å². The zero-order valence-corrected chi connectivity index (χ0v) is 16.6. The molecule has 0 radical (unpaired) electrons. The summed E-state index contributed by atoms with van der Waals surface area (Å²) in [4.78, 5) is 0. The maximum absolute atomic E-state index is 4.55. The molecule has 21 heavy (non-hydrogen) atoms. The van der Waals surface area contributed by atoms with E-state index in [0.717, 1.165) is 35.4 Å². The first-order valence-electron chi connectivity index (χ1n) is 7.26. The minimum Gasteiger partial charge on any atom is -0.310 e. The van der Waals surface area contributed by atoms with Crippen LogP contribution in [0, 0.1) is 6.92 Å². The number of hydrogen-bond donors (Lipinski definition) is 1. The SMILES string of the molecule is CCCNC(Cc1cc(C)nn1CC)c1cc(Br)sc1Br. The Morgan fingerprint density at radius 1 is 1.33 bits per heavy atom. The molecule has 0 aromatic carbocycles. The lowest BCUT2D eigenvalue weighted by Gasteiger charge is -2.19. The lowest BCUT2D eigenvalue weighted by molar-refractivity contribution is 0.502. The molecule has 1 atom stereocenters. The Morgan fingerprint density at radius 2 is 2.10 bits per heavy atom. The molecule has 0 saturated carbocycles. The minimum absolute atomic E-state index is 0.309. The maximum Gasteiger partial charge on any atom is 0.0758 e. The summed E-state index contributed by atoms with van der Waals surface area (Å²) in [5, 5.41) is 8.22. The van der Waals surface area contributed by atoms with Gasteiger partial charge in [-0.2, -0.15) is 5.10 Å². The van der Waals surface area contributed by atoms with Crippen molar-refractivity contribution in [3.63, 3.8) is 0 Å². The summed E-state index contributed by atoms with van der Waals surface area (Å²) in [5.41, 5.74) is 3.70. The highest BCUT2D eigenvalue weighted by Gasteiger charge is 2.19. The van der Waals surface area contributed by atoms with E-state index in [4.69, 9.17) is 0 Å². The van der Waals surface area contributed by atoms with E-state index >= 15 is 0 Å². The van der Waals surface area contributed by atoms with Crippen LogP contribution in [0.1, 0.15) is 43.3 Å². The number of aryl methyl sites for hydroxylation is 2. The van der Waals surface area contributed by atoms with Gasteiger partial charge in [0.05, 0.1) is 13.3 Å². The Bertz CT molecular complexity index is 592. The Balaban J connectivity index is 2.25. The second kappa shape index (κ2) is 7.90. The molecule has 116 valence electrons. The molecule has 2 heterocycles. The van der Waals surface area contributed by atoms with Gasteiger partial charge in [0, 0.05) is 24.7 Å². The van der Waals surface area contributed by atoms with Gasteiger partial charge in [0.1, 0.15) is 0 Å². The number of thiophene rings is 1. The summed E-state index contributed by atoms with van der Waals surface area (Å²) < 4.78 is 4.46. The molecule has 3 nitrogen and oxygen atoms in total. The normalized spacial score (nSPS) is 12.8. The minimum atomic E-state index is 0.309. The van der Waals surface area contributed by atoms with Crippen molar-refractivity contribution in [3.8, 4) is 0 Å². The lowest BCUT2D eigenvalue weighted by Crippen LogP contribution is -2.25. The van der Waals surface area contributed by atoms with Crippen molar-refractivity contribution >= 4 is 43.2 Å². The van der Waals surface area contributed by atoms with Gasteiger partial charge < -0.3 is 5.32 Å². The maximum atomic E-state index is 4.55. The molecule has 2 rings (SSSR count). The first kappa shape index (κ1) is 17.2. The average Bonchev–Trinajstić information content (AvgIpc) is 2.96. The highest BCUT2D eigenvalue weighted by atomic mass is 79.9. The standard InChI is InChI=1S/C15H21Br2N3S/c1-4-6-18-13(12-9-14(16)21-15(12)17)8-11-7-10(3)19-20(11)5-2/h7,9,13,18H,4-6,8H2,1-3H3. The smallest absolute Gasteiger partial charge is 0.0758 e. The third-order valence-corrected chi connectivity index (χ3v) is 5.78. The monoisotopic (exact) mass is 433 g/mol. The first-order valence-corrected chi connectivity index (χ1v) is 9.66. The molecule has 1 N–H and O–H groups in total. The van der Waals surface area contributed by atoms with E-state index in [1.165, 1.54) is 15.0 Å². The number of nitrogens with one attached hydrogen (secondary N) is 1. The van der Waals surface area contributed by atoms with Crippen LogP contribution in [-0.2, 0) is 13.0 Å². The van der Waals surface area contributed by atoms with E-state index in [9.17, 15) is 0 Å². The number of nitrogens with zero attached hydrogens (tertiary/aromatic N) is 2. The topological polar surface area (TPSA) is 29.9 Å². The van der Waals surface area contributed by atoms with Crippen LogP contribution in [0.2, 0.25) is 0 Å². The summed E-state index contributed by atoms with van der Waals surface area (Å²) in [6.45, 7) is 8.33. The molecule has 1 unspecified atom stereocenters. The molecule has 0 amide bonds. The van der Waals surface area contributed by atoms with Crippen molar-refractivity contribution in [1.82, 2.24) is 15.1 Å².